The zero-order chi connectivity index (χ0) is 36.6. The number of rotatable bonds is 4. The average Bonchev–Trinajstić information content (AvgIpc) is 3.80. The van der Waals surface area contributed by atoms with Crippen LogP contribution < -0.4 is 18.0 Å². The number of hydrogen-bond acceptors (Lipinski definition) is 4. The third-order valence-corrected chi connectivity index (χ3v) is 30.0. The topological polar surface area (TPSA) is 0 Å². The SMILES string of the molecule is C[Si](C)(C)c1cc(Br)c(C#CC#Cc2sc([Si](C)(C)C)cc2Br)s1.C[Si](C)(C)c1cc2c(s1)C1=C(C2)C2=C(CC1)c1sc([Si](C)(C)C)cc1C2. The first kappa shape index (κ1) is 38.9. The monoisotopic (exact) mass is 926 g/mol. The zero-order valence-corrected chi connectivity index (χ0v) is 42.0. The summed E-state index contributed by atoms with van der Waals surface area (Å²) in [6.07, 6.45) is 4.96. The maximum Gasteiger partial charge on any atom is 0.0919 e. The second kappa shape index (κ2) is 14.1. The maximum atomic E-state index is 3.62. The quantitative estimate of drug-likeness (QED) is 0.141. The van der Waals surface area contributed by atoms with Crippen LogP contribution in [0.25, 0.3) is 11.1 Å². The number of allylic oxidation sites excluding steroid dienone is 4. The van der Waals surface area contributed by atoms with Crippen LogP contribution in [0.15, 0.2) is 44.4 Å². The van der Waals surface area contributed by atoms with Gasteiger partial charge in [0, 0.05) is 18.7 Å². The van der Waals surface area contributed by atoms with Crippen LogP contribution in [0.4, 0.5) is 0 Å². The molecule has 0 amide bonds. The molecule has 3 aliphatic carbocycles. The van der Waals surface area contributed by atoms with Crippen molar-refractivity contribution in [1.29, 1.82) is 0 Å². The van der Waals surface area contributed by atoms with Crippen molar-refractivity contribution >= 4 is 139 Å². The molecule has 0 saturated carbocycles. The summed E-state index contributed by atoms with van der Waals surface area (Å²) in [6.45, 7) is 29.0. The fourth-order valence-electron chi connectivity index (χ4n) is 6.42. The Labute approximate surface area is 338 Å². The molecule has 0 spiro atoms. The molecule has 0 saturated heterocycles. The first-order chi connectivity index (χ1) is 23.1. The molecule has 262 valence electrons. The number of thiophene rings is 4. The van der Waals surface area contributed by atoms with Crippen molar-refractivity contribution in [2.45, 2.75) is 104 Å². The summed E-state index contributed by atoms with van der Waals surface area (Å²) in [5, 5.41) is 0. The van der Waals surface area contributed by atoms with Crippen molar-refractivity contribution in [3.05, 3.63) is 75.0 Å². The molecule has 50 heavy (non-hydrogen) atoms. The summed E-state index contributed by atoms with van der Waals surface area (Å²) >= 11 is 15.1. The van der Waals surface area contributed by atoms with Gasteiger partial charge < -0.3 is 0 Å². The van der Waals surface area contributed by atoms with E-state index in [4.69, 9.17) is 0 Å². The van der Waals surface area contributed by atoms with Gasteiger partial charge in [-0.05, 0) is 157 Å². The Balaban J connectivity index is 0.000000174. The Kier molecular flexibility index (Phi) is 11.0. The molecule has 4 aromatic heterocycles. The summed E-state index contributed by atoms with van der Waals surface area (Å²) in [7, 11) is -4.94. The molecule has 10 heteroatoms. The van der Waals surface area contributed by atoms with E-state index in [1.807, 2.05) is 0 Å². The molecule has 4 aromatic rings. The molecule has 0 aromatic carbocycles. The molecule has 7 rings (SSSR count). The van der Waals surface area contributed by atoms with Gasteiger partial charge in [-0.15, -0.1) is 45.3 Å². The van der Waals surface area contributed by atoms with Crippen LogP contribution >= 0.6 is 77.2 Å². The Bertz CT molecular complexity index is 2030. The van der Waals surface area contributed by atoms with Crippen LogP contribution in [0.3, 0.4) is 0 Å². The van der Waals surface area contributed by atoms with E-state index in [2.05, 4.69) is 181 Å². The van der Waals surface area contributed by atoms with Crippen molar-refractivity contribution in [3.63, 3.8) is 0 Å². The molecule has 0 fully saturated rings. The fraction of sp³-hybridized carbons (Fsp3) is 0.400. The Morgan fingerprint density at radius 2 is 0.780 bits per heavy atom. The normalized spacial score (nSPS) is 15.4. The molecule has 0 bridgehead atoms. The smallest absolute Gasteiger partial charge is 0.0919 e. The van der Waals surface area contributed by atoms with Gasteiger partial charge in [-0.1, -0.05) is 78.6 Å². The van der Waals surface area contributed by atoms with Crippen LogP contribution in [0.1, 0.15) is 43.5 Å². The van der Waals surface area contributed by atoms with Gasteiger partial charge in [0.15, 0.2) is 0 Å². The zero-order valence-electron chi connectivity index (χ0n) is 31.5. The van der Waals surface area contributed by atoms with E-state index in [1.54, 1.807) is 74.8 Å². The lowest BCUT2D eigenvalue weighted by molar-refractivity contribution is 1.03. The highest BCUT2D eigenvalue weighted by molar-refractivity contribution is 9.11. The maximum absolute atomic E-state index is 3.62. The molecule has 3 aliphatic rings. The van der Waals surface area contributed by atoms with Crippen LogP contribution in [0.2, 0.25) is 78.6 Å². The van der Waals surface area contributed by atoms with E-state index in [1.165, 1.54) is 34.7 Å². The van der Waals surface area contributed by atoms with E-state index in [9.17, 15) is 0 Å². The highest BCUT2D eigenvalue weighted by Gasteiger charge is 2.37. The van der Waals surface area contributed by atoms with E-state index >= 15 is 0 Å². The van der Waals surface area contributed by atoms with E-state index in [0.29, 0.717) is 0 Å². The predicted molar refractivity (Wildman–Crippen MR) is 249 cm³/mol. The van der Waals surface area contributed by atoms with Gasteiger partial charge in [-0.2, -0.15) is 0 Å². The van der Waals surface area contributed by atoms with Crippen molar-refractivity contribution < 1.29 is 0 Å². The molecule has 0 nitrogen and oxygen atoms in total. The third kappa shape index (κ3) is 8.16. The summed E-state index contributed by atoms with van der Waals surface area (Å²) in [5.74, 6) is 12.4. The highest BCUT2D eigenvalue weighted by atomic mass is 79.9. The number of fused-ring (bicyclic) bond motifs is 5. The largest absolute Gasteiger partial charge is 0.145 e. The minimum atomic E-state index is -1.28. The molecular weight excluding hydrogens is 881 g/mol. The van der Waals surface area contributed by atoms with E-state index in [0.717, 1.165) is 18.7 Å². The highest BCUT2D eigenvalue weighted by Crippen LogP contribution is 2.53. The van der Waals surface area contributed by atoms with Crippen LogP contribution in [0, 0.1) is 23.7 Å². The Hall–Kier alpha value is -0.772. The van der Waals surface area contributed by atoms with Gasteiger partial charge in [0.25, 0.3) is 0 Å². The van der Waals surface area contributed by atoms with E-state index < -0.39 is 32.3 Å². The molecule has 4 heterocycles. The van der Waals surface area contributed by atoms with Gasteiger partial charge in [0.05, 0.1) is 42.0 Å². The second-order valence-electron chi connectivity index (χ2n) is 17.8. The van der Waals surface area contributed by atoms with Gasteiger partial charge in [-0.3, -0.25) is 0 Å². The molecule has 0 unspecified atom stereocenters. The van der Waals surface area contributed by atoms with Gasteiger partial charge in [0.2, 0.25) is 0 Å². The van der Waals surface area contributed by atoms with Crippen LogP contribution in [-0.2, 0) is 12.8 Å². The summed E-state index contributed by atoms with van der Waals surface area (Å²) in [4.78, 5) is 5.47. The first-order valence-electron chi connectivity index (χ1n) is 17.4. The fourth-order valence-corrected chi connectivity index (χ4v) is 20.2. The first-order valence-corrected chi connectivity index (χ1v) is 36.3. The van der Waals surface area contributed by atoms with Gasteiger partial charge in [-0.25, -0.2) is 0 Å². The third-order valence-electron chi connectivity index (χ3n) is 9.36. The second-order valence-corrected chi connectivity index (χ2v) is 45.3. The van der Waals surface area contributed by atoms with Gasteiger partial charge in [0.1, 0.15) is 0 Å². The predicted octanol–water partition coefficient (Wildman–Crippen LogP) is 11.8. The van der Waals surface area contributed by atoms with Crippen LogP contribution in [-0.4, -0.2) is 32.3 Å². The number of hydrogen-bond donors (Lipinski definition) is 0. The lowest BCUT2D eigenvalue weighted by Gasteiger charge is -2.20. The minimum Gasteiger partial charge on any atom is -0.145 e. The average molecular weight is 929 g/mol. The lowest BCUT2D eigenvalue weighted by atomic mass is 9.88. The number of halogens is 2. The van der Waals surface area contributed by atoms with Crippen molar-refractivity contribution in [2.24, 2.45) is 0 Å². The van der Waals surface area contributed by atoms with Crippen molar-refractivity contribution in [3.8, 4) is 23.7 Å². The van der Waals surface area contributed by atoms with E-state index in [-0.39, 0.29) is 0 Å². The lowest BCUT2D eigenvalue weighted by Crippen LogP contribution is -2.35. The summed E-state index contributed by atoms with van der Waals surface area (Å²) in [6, 6.07) is 9.59. The molecule has 0 radical (unpaired) electrons. The molecule has 0 N–H and O–H groups in total. The minimum absolute atomic E-state index is 1.08. The molecular formula is C40H48Br2S4Si4. The Morgan fingerprint density at radius 3 is 1.08 bits per heavy atom. The summed E-state index contributed by atoms with van der Waals surface area (Å²) in [5.41, 5.74) is 10.1. The molecule has 0 aliphatic heterocycles. The standard InChI is InChI=1S/C22H28S2Si2.C18H20Br2S2Si2/c1-25(2,3)19-11-13-9-17-15(21(13)23-19)7-8-16-18(17)10-14-12-20(24-22(14)16)26(4,5)6;1-23(2,3)17-11-13(19)15(21-17)9-7-8-10-16-14(20)12-18(22-16)24(4,5)6/h11-12H,7-10H2,1-6H3;11-12H,1-6H3. The van der Waals surface area contributed by atoms with Crippen molar-refractivity contribution in [1.82, 2.24) is 0 Å². The summed E-state index contributed by atoms with van der Waals surface area (Å²) < 4.78 is 8.51. The Morgan fingerprint density at radius 1 is 0.460 bits per heavy atom. The van der Waals surface area contributed by atoms with Gasteiger partial charge >= 0.3 is 0 Å². The van der Waals surface area contributed by atoms with Crippen LogP contribution in [0.5, 0.6) is 0 Å². The molecule has 0 atom stereocenters. The van der Waals surface area contributed by atoms with Crippen molar-refractivity contribution in [2.75, 3.05) is 0 Å².